The van der Waals surface area contributed by atoms with Gasteiger partial charge >= 0.3 is 0 Å². The van der Waals surface area contributed by atoms with E-state index in [1.807, 2.05) is 26.0 Å². The van der Waals surface area contributed by atoms with Crippen LogP contribution in [0.5, 0.6) is 0 Å². The van der Waals surface area contributed by atoms with Crippen molar-refractivity contribution in [2.45, 2.75) is 20.4 Å². The molecule has 0 aliphatic rings. The minimum Gasteiger partial charge on any atom is -0.368 e. The van der Waals surface area contributed by atoms with Crippen molar-refractivity contribution >= 4 is 11.9 Å². The Morgan fingerprint density at radius 1 is 1.10 bits per heavy atom. The zero-order valence-corrected chi connectivity index (χ0v) is 17.1. The van der Waals surface area contributed by atoms with Crippen LogP contribution in [0.3, 0.4) is 0 Å². The van der Waals surface area contributed by atoms with Crippen molar-refractivity contribution in [1.29, 1.82) is 0 Å². The van der Waals surface area contributed by atoms with Gasteiger partial charge in [0.25, 0.3) is 5.89 Å². The van der Waals surface area contributed by atoms with E-state index < -0.39 is 0 Å². The van der Waals surface area contributed by atoms with Crippen LogP contribution in [-0.2, 0) is 11.3 Å². The lowest BCUT2D eigenvalue weighted by Crippen LogP contribution is -2.30. The molecule has 0 aliphatic carbocycles. The highest BCUT2D eigenvalue weighted by Gasteiger charge is 2.14. The highest BCUT2D eigenvalue weighted by Crippen LogP contribution is 2.23. The standard InChI is InChI=1S/C20H21N9O2/c1-12(2)5-23-17(30)11-29-10-15(9-26-29)19-27-18(28-31-19)13-3-4-16(22-6-13)14-7-24-20(21)25-8-14/h3-4,6-10,12H,5,11H2,1-2H3,(H,23,30)(H2,21,24,25). The Kier molecular flexibility index (Phi) is 5.65. The number of nitrogens with one attached hydrogen (secondary N) is 1. The van der Waals surface area contributed by atoms with E-state index >= 15 is 0 Å². The number of pyridine rings is 1. The van der Waals surface area contributed by atoms with Crippen LogP contribution in [0.2, 0.25) is 0 Å². The molecule has 4 heterocycles. The van der Waals surface area contributed by atoms with Crippen molar-refractivity contribution in [3.05, 3.63) is 43.1 Å². The number of hydrogen-bond donors (Lipinski definition) is 2. The van der Waals surface area contributed by atoms with E-state index in [-0.39, 0.29) is 18.4 Å². The van der Waals surface area contributed by atoms with E-state index in [2.05, 4.69) is 35.5 Å². The molecule has 11 nitrogen and oxygen atoms in total. The van der Waals surface area contributed by atoms with Gasteiger partial charge in [-0.25, -0.2) is 9.97 Å². The van der Waals surface area contributed by atoms with Gasteiger partial charge in [-0.3, -0.25) is 14.5 Å². The molecule has 4 aromatic heterocycles. The van der Waals surface area contributed by atoms with Crippen molar-refractivity contribution in [2.75, 3.05) is 12.3 Å². The van der Waals surface area contributed by atoms with Crippen molar-refractivity contribution in [3.8, 4) is 34.1 Å². The number of nitrogens with two attached hydrogens (primary N) is 1. The van der Waals surface area contributed by atoms with Crippen LogP contribution in [-0.4, -0.2) is 47.3 Å². The molecule has 0 radical (unpaired) electrons. The predicted octanol–water partition coefficient (Wildman–Crippen LogP) is 1.81. The molecule has 0 spiro atoms. The van der Waals surface area contributed by atoms with Crippen LogP contribution in [0.15, 0.2) is 47.6 Å². The van der Waals surface area contributed by atoms with Gasteiger partial charge in [-0.15, -0.1) is 0 Å². The molecule has 4 rings (SSSR count). The summed E-state index contributed by atoms with van der Waals surface area (Å²) in [5.41, 5.74) is 8.27. The van der Waals surface area contributed by atoms with E-state index in [0.29, 0.717) is 41.0 Å². The molecule has 11 heteroatoms. The monoisotopic (exact) mass is 419 g/mol. The summed E-state index contributed by atoms with van der Waals surface area (Å²) in [5, 5.41) is 11.1. The molecule has 0 unspecified atom stereocenters. The van der Waals surface area contributed by atoms with Crippen molar-refractivity contribution in [2.24, 2.45) is 5.92 Å². The van der Waals surface area contributed by atoms with Gasteiger partial charge in [0, 0.05) is 42.5 Å². The number of aromatic nitrogens is 7. The summed E-state index contributed by atoms with van der Waals surface area (Å²) in [7, 11) is 0. The first-order valence-electron chi connectivity index (χ1n) is 9.65. The summed E-state index contributed by atoms with van der Waals surface area (Å²) in [5.74, 6) is 1.19. The van der Waals surface area contributed by atoms with Crippen LogP contribution in [0.25, 0.3) is 34.1 Å². The molecule has 31 heavy (non-hydrogen) atoms. The molecule has 0 aromatic carbocycles. The molecule has 0 bridgehead atoms. The van der Waals surface area contributed by atoms with Gasteiger partial charge in [0.2, 0.25) is 17.7 Å². The SMILES string of the molecule is CC(C)CNC(=O)Cn1cc(-c2nc(-c3ccc(-c4cnc(N)nc4)nc3)no2)cn1. The molecule has 0 atom stereocenters. The number of carbonyl (C=O) groups excluding carboxylic acids is 1. The number of rotatable bonds is 7. The second-order valence-electron chi connectivity index (χ2n) is 7.31. The van der Waals surface area contributed by atoms with Crippen molar-refractivity contribution in [1.82, 2.24) is 40.2 Å². The van der Waals surface area contributed by atoms with E-state index in [1.54, 1.807) is 31.0 Å². The number of carbonyl (C=O) groups is 1. The average molecular weight is 419 g/mol. The zero-order chi connectivity index (χ0) is 21.8. The fraction of sp³-hybridized carbons (Fsp3) is 0.250. The molecule has 3 N–H and O–H groups in total. The van der Waals surface area contributed by atoms with Gasteiger partial charge in [-0.05, 0) is 18.1 Å². The Bertz CT molecular complexity index is 1160. The Hall–Kier alpha value is -4.15. The second-order valence-corrected chi connectivity index (χ2v) is 7.31. The number of amides is 1. The largest absolute Gasteiger partial charge is 0.368 e. The van der Waals surface area contributed by atoms with Crippen LogP contribution >= 0.6 is 0 Å². The molecular weight excluding hydrogens is 398 g/mol. The highest BCUT2D eigenvalue weighted by molar-refractivity contribution is 5.75. The van der Waals surface area contributed by atoms with E-state index in [0.717, 1.165) is 5.56 Å². The highest BCUT2D eigenvalue weighted by atomic mass is 16.5. The smallest absolute Gasteiger partial charge is 0.261 e. The van der Waals surface area contributed by atoms with Crippen molar-refractivity contribution < 1.29 is 9.32 Å². The van der Waals surface area contributed by atoms with Gasteiger partial charge in [-0.2, -0.15) is 10.1 Å². The Balaban J connectivity index is 1.44. The molecule has 1 amide bonds. The average Bonchev–Trinajstić information content (AvgIpc) is 3.43. The third-order valence-electron chi connectivity index (χ3n) is 4.31. The molecule has 158 valence electrons. The van der Waals surface area contributed by atoms with E-state index in [9.17, 15) is 4.79 Å². The molecule has 0 aliphatic heterocycles. The lowest BCUT2D eigenvalue weighted by Gasteiger charge is -2.07. The van der Waals surface area contributed by atoms with Crippen molar-refractivity contribution in [3.63, 3.8) is 0 Å². The molecule has 0 saturated heterocycles. The number of nitrogen functional groups attached to an aromatic ring is 1. The van der Waals surface area contributed by atoms with Gasteiger partial charge in [-0.1, -0.05) is 19.0 Å². The maximum Gasteiger partial charge on any atom is 0.261 e. The third kappa shape index (κ3) is 4.89. The quantitative estimate of drug-likeness (QED) is 0.457. The van der Waals surface area contributed by atoms with Gasteiger partial charge < -0.3 is 15.6 Å². The normalized spacial score (nSPS) is 11.1. The summed E-state index contributed by atoms with van der Waals surface area (Å²) in [6.45, 7) is 4.82. The second kappa shape index (κ2) is 8.69. The summed E-state index contributed by atoms with van der Waals surface area (Å²) in [6.07, 6.45) is 8.13. The fourth-order valence-electron chi connectivity index (χ4n) is 2.71. The topological polar surface area (TPSA) is 151 Å². The first-order valence-corrected chi connectivity index (χ1v) is 9.65. The van der Waals surface area contributed by atoms with Gasteiger partial charge in [0.05, 0.1) is 17.5 Å². The number of anilines is 1. The lowest BCUT2D eigenvalue weighted by atomic mass is 10.2. The number of nitrogens with zero attached hydrogens (tertiary/aromatic N) is 7. The zero-order valence-electron chi connectivity index (χ0n) is 17.1. The molecule has 4 aromatic rings. The Morgan fingerprint density at radius 3 is 2.58 bits per heavy atom. The lowest BCUT2D eigenvalue weighted by molar-refractivity contribution is -0.122. The molecule has 0 fully saturated rings. The van der Waals surface area contributed by atoms with Crippen LogP contribution in [0.4, 0.5) is 5.95 Å². The summed E-state index contributed by atoms with van der Waals surface area (Å²) in [4.78, 5) is 28.7. The van der Waals surface area contributed by atoms with E-state index in [4.69, 9.17) is 10.3 Å². The predicted molar refractivity (Wildman–Crippen MR) is 112 cm³/mol. The summed E-state index contributed by atoms with van der Waals surface area (Å²) in [6, 6.07) is 3.64. The van der Waals surface area contributed by atoms with Gasteiger partial charge in [0.1, 0.15) is 6.54 Å². The summed E-state index contributed by atoms with van der Waals surface area (Å²) >= 11 is 0. The summed E-state index contributed by atoms with van der Waals surface area (Å²) < 4.78 is 6.88. The maximum absolute atomic E-state index is 12.0. The number of hydrogen-bond acceptors (Lipinski definition) is 9. The van der Waals surface area contributed by atoms with E-state index in [1.165, 1.54) is 4.68 Å². The third-order valence-corrected chi connectivity index (χ3v) is 4.31. The minimum absolute atomic E-state index is 0.104. The van der Waals surface area contributed by atoms with Crippen LogP contribution in [0.1, 0.15) is 13.8 Å². The fourth-order valence-corrected chi connectivity index (χ4v) is 2.71. The Morgan fingerprint density at radius 2 is 1.87 bits per heavy atom. The molecular formula is C20H21N9O2. The van der Waals surface area contributed by atoms with Gasteiger partial charge in [0.15, 0.2) is 0 Å². The van der Waals surface area contributed by atoms with Crippen LogP contribution < -0.4 is 11.1 Å². The first-order chi connectivity index (χ1) is 15.0. The minimum atomic E-state index is -0.104. The van der Waals surface area contributed by atoms with Crippen LogP contribution in [0, 0.1) is 5.92 Å². The molecule has 0 saturated carbocycles. The first kappa shape index (κ1) is 20.1. The maximum atomic E-state index is 12.0. The Labute approximate surface area is 177 Å².